The molecule has 4 rings (SSSR count). The van der Waals surface area contributed by atoms with E-state index in [0.29, 0.717) is 6.07 Å². The first kappa shape index (κ1) is 32.6. The van der Waals surface area contributed by atoms with Crippen LogP contribution in [-0.2, 0) is 14.3 Å². The van der Waals surface area contributed by atoms with Gasteiger partial charge in [-0.25, -0.2) is 18.6 Å². The largest absolute Gasteiger partial charge is 0.489 e. The summed E-state index contributed by atoms with van der Waals surface area (Å²) in [5.41, 5.74) is 9.26. The summed E-state index contributed by atoms with van der Waals surface area (Å²) in [6.07, 6.45) is -0.754. The van der Waals surface area contributed by atoms with Crippen LogP contribution in [0.2, 0.25) is 0 Å². The Morgan fingerprint density at radius 3 is 2.42 bits per heavy atom. The Labute approximate surface area is 252 Å². The van der Waals surface area contributed by atoms with Crippen molar-refractivity contribution in [3.63, 3.8) is 0 Å². The van der Waals surface area contributed by atoms with Crippen LogP contribution < -0.4 is 31.6 Å². The molecule has 0 saturated heterocycles. The zero-order valence-electron chi connectivity index (χ0n) is 23.5. The van der Waals surface area contributed by atoms with Crippen molar-refractivity contribution in [2.75, 3.05) is 13.2 Å². The third-order valence-electron chi connectivity index (χ3n) is 6.36. The highest BCUT2D eigenvalue weighted by molar-refractivity contribution is 5.98. The normalized spacial score (nSPS) is 13.9. The molecule has 17 heteroatoms. The van der Waals surface area contributed by atoms with Crippen molar-refractivity contribution in [2.24, 2.45) is 17.4 Å². The summed E-state index contributed by atoms with van der Waals surface area (Å²) in [5, 5.41) is 4.37. The second-order valence-electron chi connectivity index (χ2n) is 9.86. The van der Waals surface area contributed by atoms with Gasteiger partial charge in [-0.1, -0.05) is 6.07 Å². The van der Waals surface area contributed by atoms with Gasteiger partial charge in [0.05, 0.1) is 13.2 Å². The van der Waals surface area contributed by atoms with E-state index in [2.05, 4.69) is 20.4 Å². The van der Waals surface area contributed by atoms with E-state index in [1.54, 1.807) is 0 Å². The topological polar surface area (TPSA) is 198 Å². The van der Waals surface area contributed by atoms with Crippen LogP contribution in [0.5, 0.6) is 11.5 Å². The number of benzene rings is 2. The molecule has 1 fully saturated rings. The molecule has 45 heavy (non-hydrogen) atoms. The van der Waals surface area contributed by atoms with E-state index < -0.39 is 72.0 Å². The smallest absolute Gasteiger partial charge is 0.405 e. The van der Waals surface area contributed by atoms with Crippen LogP contribution >= 0.6 is 0 Å². The Kier molecular flexibility index (Phi) is 10.1. The number of nitrogens with one attached hydrogen (secondary N) is 2. The van der Waals surface area contributed by atoms with E-state index in [0.717, 1.165) is 25.0 Å². The molecule has 1 saturated carbocycles. The molecule has 1 aliphatic rings. The van der Waals surface area contributed by atoms with Crippen LogP contribution in [0, 0.1) is 17.6 Å². The average molecular weight is 638 g/mol. The maximum absolute atomic E-state index is 14.7. The first-order valence-electron chi connectivity index (χ1n) is 13.3. The highest BCUT2D eigenvalue weighted by Crippen LogP contribution is 2.37. The molecule has 0 bridgehead atoms. The number of hydrogen-bond acceptors (Lipinski definition) is 9. The van der Waals surface area contributed by atoms with E-state index in [1.807, 2.05) is 0 Å². The number of amides is 4. The molecule has 13 nitrogen and oxygen atoms in total. The van der Waals surface area contributed by atoms with Crippen LogP contribution in [0.25, 0.3) is 11.5 Å². The second kappa shape index (κ2) is 14.0. The van der Waals surface area contributed by atoms with E-state index >= 15 is 0 Å². The van der Waals surface area contributed by atoms with Crippen molar-refractivity contribution in [3.8, 4) is 23.0 Å². The lowest BCUT2D eigenvalue weighted by Gasteiger charge is -2.19. The summed E-state index contributed by atoms with van der Waals surface area (Å²) >= 11 is 0. The molecule has 6 N–H and O–H groups in total. The molecule has 0 spiro atoms. The van der Waals surface area contributed by atoms with E-state index in [-0.39, 0.29) is 41.2 Å². The van der Waals surface area contributed by atoms with Crippen molar-refractivity contribution in [1.82, 2.24) is 15.6 Å². The van der Waals surface area contributed by atoms with Crippen molar-refractivity contribution >= 4 is 23.8 Å². The number of halogens is 4. The van der Waals surface area contributed by atoms with Crippen molar-refractivity contribution in [1.29, 1.82) is 0 Å². The third kappa shape index (κ3) is 8.61. The van der Waals surface area contributed by atoms with Gasteiger partial charge in [0.15, 0.2) is 29.1 Å². The Balaban J connectivity index is 1.72. The van der Waals surface area contributed by atoms with Gasteiger partial charge in [-0.05, 0) is 49.9 Å². The number of hydrogen-bond donors (Lipinski definition) is 4. The van der Waals surface area contributed by atoms with E-state index in [4.69, 9.17) is 25.4 Å². The first-order chi connectivity index (χ1) is 21.3. The van der Waals surface area contributed by atoms with Gasteiger partial charge in [-0.3, -0.25) is 14.4 Å². The molecule has 0 aliphatic heterocycles. The predicted molar refractivity (Wildman–Crippen MR) is 145 cm³/mol. The van der Waals surface area contributed by atoms with E-state index in [1.165, 1.54) is 25.1 Å². The fraction of sp³-hybridized carbons (Fsp3) is 0.321. The quantitative estimate of drug-likeness (QED) is 0.192. The Morgan fingerprint density at radius 1 is 1.07 bits per heavy atom. The minimum Gasteiger partial charge on any atom is -0.489 e. The maximum atomic E-state index is 14.7. The maximum Gasteiger partial charge on any atom is 0.405 e. The fourth-order valence-electron chi connectivity index (χ4n) is 4.06. The number of alkyl halides is 2. The van der Waals surface area contributed by atoms with Gasteiger partial charge < -0.3 is 40.7 Å². The molecule has 1 aromatic heterocycles. The number of aromatic nitrogens is 1. The Bertz CT molecular complexity index is 1600. The van der Waals surface area contributed by atoms with Crippen molar-refractivity contribution in [2.45, 2.75) is 38.5 Å². The highest BCUT2D eigenvalue weighted by Gasteiger charge is 2.32. The number of nitrogens with two attached hydrogens (primary N) is 2. The van der Waals surface area contributed by atoms with Gasteiger partial charge in [0.1, 0.15) is 17.7 Å². The monoisotopic (exact) mass is 637 g/mol. The molecule has 4 amide bonds. The Morgan fingerprint density at radius 2 is 1.80 bits per heavy atom. The van der Waals surface area contributed by atoms with Crippen LogP contribution in [-0.4, -0.2) is 48.6 Å². The van der Waals surface area contributed by atoms with Gasteiger partial charge >= 0.3 is 12.7 Å². The van der Waals surface area contributed by atoms with Crippen molar-refractivity contribution < 1.29 is 55.4 Å². The van der Waals surface area contributed by atoms with Crippen LogP contribution in [0.15, 0.2) is 40.8 Å². The number of ether oxygens (including phenoxy) is 3. The number of oxazole rings is 1. The Hall–Kier alpha value is -5.35. The molecular formula is C28H27F4N5O8. The summed E-state index contributed by atoms with van der Waals surface area (Å²) in [5.74, 6) is -6.10. The molecule has 2 atom stereocenters. The molecule has 3 aromatic rings. The molecule has 0 radical (unpaired) electrons. The number of nitrogens with zero attached hydrogens (tertiary/aromatic N) is 1. The minimum atomic E-state index is -3.14. The average Bonchev–Trinajstić information content (AvgIpc) is 3.68. The molecule has 1 aliphatic carbocycles. The van der Waals surface area contributed by atoms with Crippen LogP contribution in [0.4, 0.5) is 22.4 Å². The number of primary amides is 2. The SMILES string of the molecule is C[C@H](OC(N)=O)c1oc(-c2ccc(OC(F)F)c(OCC3CC3)c2)nc1C(=O)NC(C(=O)NCC(N)=O)c1ccc(F)cc1F. The van der Waals surface area contributed by atoms with Gasteiger partial charge in [0.2, 0.25) is 17.7 Å². The lowest BCUT2D eigenvalue weighted by molar-refractivity contribution is -0.126. The lowest BCUT2D eigenvalue weighted by Crippen LogP contribution is -2.43. The molecule has 1 unspecified atom stereocenters. The predicted octanol–water partition coefficient (Wildman–Crippen LogP) is 3.24. The highest BCUT2D eigenvalue weighted by atomic mass is 19.3. The first-order valence-corrected chi connectivity index (χ1v) is 13.3. The zero-order valence-corrected chi connectivity index (χ0v) is 23.5. The van der Waals surface area contributed by atoms with E-state index in [9.17, 15) is 36.7 Å². The summed E-state index contributed by atoms with van der Waals surface area (Å²) in [6, 6.07) is 4.12. The summed E-state index contributed by atoms with van der Waals surface area (Å²) in [6.45, 7) is -2.30. The molecule has 240 valence electrons. The second-order valence-corrected chi connectivity index (χ2v) is 9.86. The third-order valence-corrected chi connectivity index (χ3v) is 6.36. The number of carbonyl (C=O) groups is 4. The number of rotatable bonds is 14. The summed E-state index contributed by atoms with van der Waals surface area (Å²) in [7, 11) is 0. The molecule has 2 aromatic carbocycles. The lowest BCUT2D eigenvalue weighted by atomic mass is 10.0. The van der Waals surface area contributed by atoms with Gasteiger partial charge in [-0.2, -0.15) is 8.78 Å². The molecular weight excluding hydrogens is 610 g/mol. The van der Waals surface area contributed by atoms with Gasteiger partial charge in [0, 0.05) is 17.2 Å². The van der Waals surface area contributed by atoms with Crippen LogP contribution in [0.3, 0.4) is 0 Å². The standard InChI is InChI=1S/C28H27F4N5O8/c1-12(43-28(34)41)23-22(25(40)36-21(24(39)35-10-20(33)38)16-6-5-15(29)9-17(16)30)37-26(45-23)14-4-7-18(44-27(31)32)19(8-14)42-11-13-2-3-13/h4-9,12-13,21,27H,2-3,10-11H2,1H3,(H2,33,38)(H2,34,41)(H,35,39)(H,36,40)/t12-,21?/m0/s1. The van der Waals surface area contributed by atoms with Crippen LogP contribution in [0.1, 0.15) is 53.7 Å². The zero-order chi connectivity index (χ0) is 32.8. The number of carbonyl (C=O) groups excluding carboxylic acids is 4. The van der Waals surface area contributed by atoms with Gasteiger partial charge in [-0.15, -0.1) is 0 Å². The minimum absolute atomic E-state index is 0.0649. The van der Waals surface area contributed by atoms with Crippen molar-refractivity contribution in [3.05, 3.63) is 65.1 Å². The summed E-state index contributed by atoms with van der Waals surface area (Å²) < 4.78 is 75.2. The summed E-state index contributed by atoms with van der Waals surface area (Å²) in [4.78, 5) is 53.3. The fourth-order valence-corrected chi connectivity index (χ4v) is 4.06. The molecule has 1 heterocycles. The van der Waals surface area contributed by atoms with Gasteiger partial charge in [0.25, 0.3) is 5.91 Å².